The number of pyridine rings is 1. The molecule has 38 heavy (non-hydrogen) atoms. The smallest absolute Gasteiger partial charge is 0.219 e. The number of nitrogens with two attached hydrogens (primary N) is 1. The normalized spacial score (nSPS) is 15.7. The first-order valence-electron chi connectivity index (χ1n) is 12.3. The van der Waals surface area contributed by atoms with Gasteiger partial charge in [-0.25, -0.2) is 4.39 Å². The van der Waals surface area contributed by atoms with E-state index in [1.165, 1.54) is 30.0 Å². The van der Waals surface area contributed by atoms with Crippen LogP contribution in [0, 0.1) is 5.82 Å². The van der Waals surface area contributed by atoms with Gasteiger partial charge in [0.2, 0.25) is 5.91 Å². The molecule has 0 radical (unpaired) electrons. The zero-order valence-corrected chi connectivity index (χ0v) is 22.7. The number of likely N-dealkylation sites (N-methyl/N-ethyl adjacent to an activating group) is 1. The van der Waals surface area contributed by atoms with Gasteiger partial charge in [0.15, 0.2) is 0 Å². The Morgan fingerprint density at radius 3 is 2.84 bits per heavy atom. The summed E-state index contributed by atoms with van der Waals surface area (Å²) in [7, 11) is 2.09. The lowest BCUT2D eigenvalue weighted by atomic mass is 10.1. The van der Waals surface area contributed by atoms with Crippen molar-refractivity contribution in [3.05, 3.63) is 59.1 Å². The van der Waals surface area contributed by atoms with E-state index >= 15 is 0 Å². The highest BCUT2D eigenvalue weighted by atomic mass is 35.5. The molecular formula is C26H31ClFN7O2S. The van der Waals surface area contributed by atoms with E-state index < -0.39 is 5.82 Å². The van der Waals surface area contributed by atoms with Crippen LogP contribution in [0.1, 0.15) is 24.6 Å². The standard InChI is InChI=1S/C26H31ClFN7O2S/c1-34-7-2-8-35(10-9-34)24(16-25(29)37)22-14-18(5-6-30-22)31-23-15-21(32-33-26(23)38-12-11-36)19-13-17(27)3-4-20(19)28/h3-6,13-15,24,36H,2,7-12,16H2,1H3,(H2,29,37)(H,30,31,32). The third-order valence-electron chi connectivity index (χ3n) is 6.29. The number of aliphatic hydroxyl groups excluding tert-OH is 1. The maximum atomic E-state index is 14.6. The molecule has 1 aliphatic rings. The molecule has 4 rings (SSSR count). The summed E-state index contributed by atoms with van der Waals surface area (Å²) in [5.74, 6) is -0.434. The van der Waals surface area contributed by atoms with Gasteiger partial charge >= 0.3 is 0 Å². The molecule has 1 unspecified atom stereocenters. The Morgan fingerprint density at radius 2 is 2.05 bits per heavy atom. The van der Waals surface area contributed by atoms with Crippen molar-refractivity contribution < 1.29 is 14.3 Å². The minimum Gasteiger partial charge on any atom is -0.396 e. The fourth-order valence-corrected chi connectivity index (χ4v) is 5.22. The van der Waals surface area contributed by atoms with Crippen LogP contribution in [0.2, 0.25) is 5.02 Å². The number of thioether (sulfide) groups is 1. The van der Waals surface area contributed by atoms with Crippen LogP contribution in [0.3, 0.4) is 0 Å². The first-order valence-corrected chi connectivity index (χ1v) is 13.7. The molecule has 1 fully saturated rings. The van der Waals surface area contributed by atoms with E-state index in [1.807, 2.05) is 12.1 Å². The summed E-state index contributed by atoms with van der Waals surface area (Å²) in [6.07, 6.45) is 2.83. The Labute approximate surface area is 230 Å². The SMILES string of the molecule is CN1CCCN(C(CC(N)=O)c2cc(Nc3cc(-c4cc(Cl)ccc4F)nnc3SCCO)ccn2)CC1. The minimum atomic E-state index is -0.464. The summed E-state index contributed by atoms with van der Waals surface area (Å²) < 4.78 is 14.6. The molecule has 202 valence electrons. The first-order chi connectivity index (χ1) is 18.3. The summed E-state index contributed by atoms with van der Waals surface area (Å²) in [6.45, 7) is 3.50. The van der Waals surface area contributed by atoms with Crippen LogP contribution >= 0.6 is 23.4 Å². The predicted molar refractivity (Wildman–Crippen MR) is 148 cm³/mol. The van der Waals surface area contributed by atoms with E-state index in [0.29, 0.717) is 32.9 Å². The van der Waals surface area contributed by atoms with E-state index in [9.17, 15) is 14.3 Å². The van der Waals surface area contributed by atoms with Crippen molar-refractivity contribution in [2.75, 3.05) is 50.9 Å². The van der Waals surface area contributed by atoms with Crippen molar-refractivity contribution >= 4 is 40.6 Å². The fraction of sp³-hybridized carbons (Fsp3) is 0.385. The van der Waals surface area contributed by atoms with Gasteiger partial charge in [-0.1, -0.05) is 11.6 Å². The number of hydrogen-bond donors (Lipinski definition) is 3. The zero-order valence-electron chi connectivity index (χ0n) is 21.1. The number of primary amides is 1. The van der Waals surface area contributed by atoms with E-state index in [4.69, 9.17) is 17.3 Å². The number of rotatable bonds is 10. The van der Waals surface area contributed by atoms with Gasteiger partial charge in [0.05, 0.1) is 29.7 Å². The Morgan fingerprint density at radius 1 is 1.21 bits per heavy atom. The summed E-state index contributed by atoms with van der Waals surface area (Å²) in [4.78, 5) is 21.1. The molecule has 0 aliphatic carbocycles. The molecule has 1 aromatic carbocycles. The molecule has 0 saturated carbocycles. The third-order valence-corrected chi connectivity index (χ3v) is 7.48. The molecule has 1 saturated heterocycles. The molecule has 1 aliphatic heterocycles. The minimum absolute atomic E-state index is 0.0321. The van der Waals surface area contributed by atoms with Crippen LogP contribution in [0.4, 0.5) is 15.8 Å². The lowest BCUT2D eigenvalue weighted by Gasteiger charge is -2.29. The maximum absolute atomic E-state index is 14.6. The van der Waals surface area contributed by atoms with Crippen molar-refractivity contribution in [2.24, 2.45) is 5.73 Å². The van der Waals surface area contributed by atoms with Gasteiger partial charge in [0, 0.05) is 54.3 Å². The Kier molecular flexibility index (Phi) is 9.86. The molecule has 2 aromatic heterocycles. The lowest BCUT2D eigenvalue weighted by Crippen LogP contribution is -2.35. The average Bonchev–Trinajstić information content (AvgIpc) is 3.12. The molecule has 9 nitrogen and oxygen atoms in total. The van der Waals surface area contributed by atoms with E-state index in [-0.39, 0.29) is 30.5 Å². The van der Waals surface area contributed by atoms with Crippen molar-refractivity contribution in [1.29, 1.82) is 0 Å². The van der Waals surface area contributed by atoms with Crippen LogP contribution in [0.15, 0.2) is 47.6 Å². The van der Waals surface area contributed by atoms with Crippen LogP contribution in [-0.4, -0.2) is 81.6 Å². The highest BCUT2D eigenvalue weighted by molar-refractivity contribution is 7.99. The number of carbonyl (C=O) groups excluding carboxylic acids is 1. The molecule has 1 amide bonds. The largest absolute Gasteiger partial charge is 0.396 e. The average molecular weight is 560 g/mol. The Hall–Kier alpha value is -2.83. The predicted octanol–water partition coefficient (Wildman–Crippen LogP) is 3.71. The number of halogens is 2. The number of nitrogens with one attached hydrogen (secondary N) is 1. The second-order valence-electron chi connectivity index (χ2n) is 9.12. The van der Waals surface area contributed by atoms with Crippen molar-refractivity contribution in [3.63, 3.8) is 0 Å². The van der Waals surface area contributed by atoms with Gasteiger partial charge in [-0.2, -0.15) is 0 Å². The third kappa shape index (κ3) is 7.39. The van der Waals surface area contributed by atoms with Crippen LogP contribution in [0.5, 0.6) is 0 Å². The molecular weight excluding hydrogens is 529 g/mol. The van der Waals surface area contributed by atoms with E-state index in [0.717, 1.165) is 38.3 Å². The lowest BCUT2D eigenvalue weighted by molar-refractivity contribution is -0.119. The number of nitrogens with zero attached hydrogens (tertiary/aromatic N) is 5. The fourth-order valence-electron chi connectivity index (χ4n) is 4.40. The zero-order chi connectivity index (χ0) is 27.1. The van der Waals surface area contributed by atoms with Gasteiger partial charge < -0.3 is 21.1 Å². The molecule has 4 N–H and O–H groups in total. The van der Waals surface area contributed by atoms with Crippen LogP contribution < -0.4 is 11.1 Å². The Bertz CT molecular complexity index is 1270. The van der Waals surface area contributed by atoms with Crippen LogP contribution in [0.25, 0.3) is 11.3 Å². The summed E-state index contributed by atoms with van der Waals surface area (Å²) >= 11 is 7.42. The monoisotopic (exact) mass is 559 g/mol. The quantitative estimate of drug-likeness (QED) is 0.319. The summed E-state index contributed by atoms with van der Waals surface area (Å²) in [5.41, 5.74) is 8.21. The van der Waals surface area contributed by atoms with Gasteiger partial charge in [-0.15, -0.1) is 22.0 Å². The highest BCUT2D eigenvalue weighted by Crippen LogP contribution is 2.33. The van der Waals surface area contributed by atoms with Crippen molar-refractivity contribution in [2.45, 2.75) is 23.9 Å². The van der Waals surface area contributed by atoms with Crippen molar-refractivity contribution in [1.82, 2.24) is 25.0 Å². The summed E-state index contributed by atoms with van der Waals surface area (Å²) in [5, 5.41) is 22.1. The van der Waals surface area contributed by atoms with Gasteiger partial charge in [-0.3, -0.25) is 14.7 Å². The van der Waals surface area contributed by atoms with Crippen LogP contribution in [-0.2, 0) is 4.79 Å². The molecule has 1 atom stereocenters. The molecule has 3 heterocycles. The van der Waals surface area contributed by atoms with Crippen molar-refractivity contribution in [3.8, 4) is 11.3 Å². The van der Waals surface area contributed by atoms with Gasteiger partial charge in [-0.05, 0) is 56.4 Å². The first kappa shape index (κ1) is 28.2. The van der Waals surface area contributed by atoms with E-state index in [1.54, 1.807) is 12.3 Å². The molecule has 3 aromatic rings. The maximum Gasteiger partial charge on any atom is 0.219 e. The topological polar surface area (TPSA) is 121 Å². The number of hydrogen-bond acceptors (Lipinski definition) is 9. The second-order valence-corrected chi connectivity index (χ2v) is 10.6. The number of aliphatic hydroxyl groups is 1. The van der Waals surface area contributed by atoms with E-state index in [2.05, 4.69) is 37.3 Å². The number of carbonyl (C=O) groups is 1. The highest BCUT2D eigenvalue weighted by Gasteiger charge is 2.26. The van der Waals surface area contributed by atoms with Gasteiger partial charge in [0.25, 0.3) is 0 Å². The molecule has 0 bridgehead atoms. The molecule has 0 spiro atoms. The molecule has 12 heteroatoms. The summed E-state index contributed by atoms with van der Waals surface area (Å²) in [6, 6.07) is 9.41. The number of benzene rings is 1. The van der Waals surface area contributed by atoms with Gasteiger partial charge in [0.1, 0.15) is 10.8 Å². The second kappa shape index (κ2) is 13.3. The Balaban J connectivity index is 1.66. The number of aromatic nitrogens is 3. The number of amides is 1. The number of anilines is 2.